The SMILES string of the molecule is CNC(=O)Cc1csc(NC(=O)c2ccno2)n1. The molecular weight excluding hydrogens is 256 g/mol. The molecule has 0 saturated carbocycles. The number of carbonyl (C=O) groups is 2. The number of rotatable bonds is 4. The second kappa shape index (κ2) is 5.41. The van der Waals surface area contributed by atoms with Crippen molar-refractivity contribution < 1.29 is 14.1 Å². The van der Waals surface area contributed by atoms with E-state index in [0.29, 0.717) is 10.8 Å². The Labute approximate surface area is 106 Å². The Balaban J connectivity index is 1.98. The van der Waals surface area contributed by atoms with Gasteiger partial charge in [-0.1, -0.05) is 5.16 Å². The molecule has 0 radical (unpaired) electrons. The average molecular weight is 266 g/mol. The Morgan fingerprint density at radius 2 is 2.33 bits per heavy atom. The van der Waals surface area contributed by atoms with E-state index in [-0.39, 0.29) is 18.1 Å². The summed E-state index contributed by atoms with van der Waals surface area (Å²) in [7, 11) is 1.56. The van der Waals surface area contributed by atoms with Crippen molar-refractivity contribution in [1.29, 1.82) is 0 Å². The molecule has 94 valence electrons. The third kappa shape index (κ3) is 2.92. The zero-order valence-electron chi connectivity index (χ0n) is 9.47. The molecule has 2 rings (SSSR count). The third-order valence-corrected chi connectivity index (χ3v) is 2.86. The lowest BCUT2D eigenvalue weighted by Crippen LogP contribution is -2.20. The van der Waals surface area contributed by atoms with Crippen LogP contribution in [0.5, 0.6) is 0 Å². The van der Waals surface area contributed by atoms with Gasteiger partial charge in [0.2, 0.25) is 11.7 Å². The molecule has 0 saturated heterocycles. The van der Waals surface area contributed by atoms with E-state index < -0.39 is 5.91 Å². The van der Waals surface area contributed by atoms with Crippen molar-refractivity contribution in [3.63, 3.8) is 0 Å². The molecule has 0 aliphatic heterocycles. The van der Waals surface area contributed by atoms with Gasteiger partial charge in [-0.25, -0.2) is 4.98 Å². The molecule has 2 amide bonds. The molecule has 2 heterocycles. The van der Waals surface area contributed by atoms with Crippen LogP contribution in [0.25, 0.3) is 0 Å². The van der Waals surface area contributed by atoms with Crippen molar-refractivity contribution >= 4 is 28.3 Å². The summed E-state index contributed by atoms with van der Waals surface area (Å²) in [5.41, 5.74) is 0.604. The Kier molecular flexibility index (Phi) is 3.68. The molecule has 0 spiro atoms. The van der Waals surface area contributed by atoms with Gasteiger partial charge in [0.25, 0.3) is 5.91 Å². The Hall–Kier alpha value is -2.22. The fourth-order valence-electron chi connectivity index (χ4n) is 1.19. The van der Waals surface area contributed by atoms with Crippen molar-refractivity contribution in [2.24, 2.45) is 0 Å². The molecule has 0 aliphatic rings. The minimum absolute atomic E-state index is 0.109. The van der Waals surface area contributed by atoms with Crippen molar-refractivity contribution in [3.8, 4) is 0 Å². The highest BCUT2D eigenvalue weighted by Crippen LogP contribution is 2.16. The largest absolute Gasteiger partial charge is 0.359 e. The maximum absolute atomic E-state index is 11.6. The molecule has 7 nitrogen and oxygen atoms in total. The van der Waals surface area contributed by atoms with E-state index in [1.54, 1.807) is 12.4 Å². The molecule has 2 N–H and O–H groups in total. The standard InChI is InChI=1S/C10H10N4O3S/c1-11-8(15)4-6-5-18-10(13-6)14-9(16)7-2-3-12-17-7/h2-3,5H,4H2,1H3,(H,11,15)(H,13,14,16). The molecule has 0 aliphatic carbocycles. The molecule has 0 bridgehead atoms. The Morgan fingerprint density at radius 3 is 3.00 bits per heavy atom. The summed E-state index contributed by atoms with van der Waals surface area (Å²) in [5.74, 6) is -0.445. The molecule has 0 aromatic carbocycles. The van der Waals surface area contributed by atoms with Crippen molar-refractivity contribution in [1.82, 2.24) is 15.5 Å². The fourth-order valence-corrected chi connectivity index (χ4v) is 1.90. The number of thiazole rings is 1. The number of nitrogens with one attached hydrogen (secondary N) is 2. The average Bonchev–Trinajstić information content (AvgIpc) is 3.00. The van der Waals surface area contributed by atoms with Crippen LogP contribution in [-0.4, -0.2) is 29.0 Å². The van der Waals surface area contributed by atoms with Gasteiger partial charge >= 0.3 is 0 Å². The van der Waals surface area contributed by atoms with Crippen LogP contribution in [0.3, 0.4) is 0 Å². The number of carbonyl (C=O) groups excluding carboxylic acids is 2. The first-order chi connectivity index (χ1) is 8.69. The highest BCUT2D eigenvalue weighted by Gasteiger charge is 2.13. The normalized spacial score (nSPS) is 10.1. The van der Waals surface area contributed by atoms with Gasteiger partial charge in [0.05, 0.1) is 18.3 Å². The number of nitrogens with zero attached hydrogens (tertiary/aromatic N) is 2. The van der Waals surface area contributed by atoms with E-state index in [4.69, 9.17) is 4.52 Å². The monoisotopic (exact) mass is 266 g/mol. The second-order valence-corrected chi connectivity index (χ2v) is 4.18. The van der Waals surface area contributed by atoms with Crippen LogP contribution in [0.15, 0.2) is 22.2 Å². The minimum atomic E-state index is -0.423. The molecule has 2 aromatic heterocycles. The lowest BCUT2D eigenvalue weighted by atomic mass is 10.3. The molecule has 0 unspecified atom stereocenters. The van der Waals surface area contributed by atoms with Crippen molar-refractivity contribution in [3.05, 3.63) is 29.1 Å². The predicted octanol–water partition coefficient (Wildman–Crippen LogP) is 0.672. The molecule has 0 fully saturated rings. The van der Waals surface area contributed by atoms with Crippen LogP contribution in [0.1, 0.15) is 16.2 Å². The summed E-state index contributed by atoms with van der Waals surface area (Å²) in [6, 6.07) is 1.45. The van der Waals surface area contributed by atoms with Gasteiger partial charge in [0.1, 0.15) is 0 Å². The van der Waals surface area contributed by atoms with Crippen molar-refractivity contribution in [2.75, 3.05) is 12.4 Å². The van der Waals surface area contributed by atoms with Crippen LogP contribution in [0.4, 0.5) is 5.13 Å². The number of amides is 2. The number of likely N-dealkylation sites (N-methyl/N-ethyl adjacent to an activating group) is 1. The first-order valence-electron chi connectivity index (χ1n) is 5.06. The summed E-state index contributed by atoms with van der Waals surface area (Å²) >= 11 is 1.24. The zero-order valence-corrected chi connectivity index (χ0v) is 10.3. The number of hydrogen-bond donors (Lipinski definition) is 2. The lowest BCUT2D eigenvalue weighted by Gasteiger charge is -1.97. The van der Waals surface area contributed by atoms with Gasteiger partial charge in [-0.2, -0.15) is 0 Å². The highest BCUT2D eigenvalue weighted by molar-refractivity contribution is 7.14. The quantitative estimate of drug-likeness (QED) is 0.847. The summed E-state index contributed by atoms with van der Waals surface area (Å²) in [6.45, 7) is 0. The first-order valence-corrected chi connectivity index (χ1v) is 5.94. The van der Waals surface area contributed by atoms with Crippen LogP contribution in [0.2, 0.25) is 0 Å². The Morgan fingerprint density at radius 1 is 1.50 bits per heavy atom. The smallest absolute Gasteiger partial charge is 0.296 e. The topological polar surface area (TPSA) is 97.1 Å². The molecule has 2 aromatic rings. The Bertz CT molecular complexity index is 549. The minimum Gasteiger partial charge on any atom is -0.359 e. The predicted molar refractivity (Wildman–Crippen MR) is 64.3 cm³/mol. The van der Waals surface area contributed by atoms with Gasteiger partial charge in [-0.15, -0.1) is 11.3 Å². The summed E-state index contributed by atoms with van der Waals surface area (Å²) < 4.78 is 4.71. The maximum Gasteiger partial charge on any atom is 0.296 e. The van der Waals surface area contributed by atoms with Gasteiger partial charge in [-0.3, -0.25) is 14.9 Å². The van der Waals surface area contributed by atoms with Gasteiger partial charge < -0.3 is 9.84 Å². The second-order valence-electron chi connectivity index (χ2n) is 3.32. The highest BCUT2D eigenvalue weighted by atomic mass is 32.1. The van der Waals surface area contributed by atoms with Gasteiger partial charge in [0, 0.05) is 18.5 Å². The maximum atomic E-state index is 11.6. The van der Waals surface area contributed by atoms with E-state index >= 15 is 0 Å². The number of hydrogen-bond acceptors (Lipinski definition) is 6. The molecular formula is C10H10N4O3S. The van der Waals surface area contributed by atoms with Crippen LogP contribution < -0.4 is 10.6 Å². The first kappa shape index (κ1) is 12.2. The van der Waals surface area contributed by atoms with Gasteiger partial charge in [-0.05, 0) is 0 Å². The van der Waals surface area contributed by atoms with E-state index in [1.165, 1.54) is 23.6 Å². The lowest BCUT2D eigenvalue weighted by molar-refractivity contribution is -0.120. The third-order valence-electron chi connectivity index (χ3n) is 2.05. The summed E-state index contributed by atoms with van der Waals surface area (Å²) in [5, 5.41) is 10.6. The van der Waals surface area contributed by atoms with Crippen LogP contribution in [0, 0.1) is 0 Å². The van der Waals surface area contributed by atoms with E-state index in [2.05, 4.69) is 20.8 Å². The fraction of sp³-hybridized carbons (Fsp3) is 0.200. The zero-order chi connectivity index (χ0) is 13.0. The number of anilines is 1. The number of aromatic nitrogens is 2. The molecule has 0 atom stereocenters. The van der Waals surface area contributed by atoms with E-state index in [9.17, 15) is 9.59 Å². The molecule has 18 heavy (non-hydrogen) atoms. The van der Waals surface area contributed by atoms with Crippen molar-refractivity contribution in [2.45, 2.75) is 6.42 Å². The summed E-state index contributed by atoms with van der Waals surface area (Å²) in [4.78, 5) is 26.9. The van der Waals surface area contributed by atoms with E-state index in [0.717, 1.165) is 0 Å². The van der Waals surface area contributed by atoms with Crippen LogP contribution in [-0.2, 0) is 11.2 Å². The molecule has 8 heteroatoms. The summed E-state index contributed by atoms with van der Waals surface area (Å²) in [6.07, 6.45) is 1.57. The van der Waals surface area contributed by atoms with Crippen LogP contribution >= 0.6 is 11.3 Å². The van der Waals surface area contributed by atoms with Gasteiger partial charge in [0.15, 0.2) is 5.13 Å². The van der Waals surface area contributed by atoms with E-state index in [1.807, 2.05) is 0 Å².